The number of nitrogens with one attached hydrogen (secondary N) is 1. The molecule has 0 bridgehead atoms. The lowest BCUT2D eigenvalue weighted by Gasteiger charge is -2.41. The predicted molar refractivity (Wildman–Crippen MR) is 158 cm³/mol. The smallest absolute Gasteiger partial charge is 0.158 e. The molecule has 7 rings (SSSR count). The number of carbonyl (C=O) groups excluding carboxylic acids is 1. The number of Topliss-reactive ketones (excluding diaryl/α,β-unsaturated/α-hetero) is 1. The summed E-state index contributed by atoms with van der Waals surface area (Å²) in [6.45, 7) is 5.89. The minimum absolute atomic E-state index is 0.153. The zero-order valence-electron chi connectivity index (χ0n) is 22.8. The first-order chi connectivity index (χ1) is 19.7. The van der Waals surface area contributed by atoms with Gasteiger partial charge in [-0.15, -0.1) is 0 Å². The zero-order chi connectivity index (χ0) is 26.9. The third-order valence-electron chi connectivity index (χ3n) is 8.72. The summed E-state index contributed by atoms with van der Waals surface area (Å²) >= 11 is 1.66. The molecule has 4 aromatic rings. The number of aromatic nitrogens is 2. The lowest BCUT2D eigenvalue weighted by molar-refractivity contribution is -0.123. The van der Waals surface area contributed by atoms with Crippen LogP contribution in [-0.2, 0) is 16.0 Å². The summed E-state index contributed by atoms with van der Waals surface area (Å²) in [6, 6.07) is 17.1. The van der Waals surface area contributed by atoms with Crippen molar-refractivity contribution in [2.75, 3.05) is 39.4 Å². The Balaban J connectivity index is 1.04. The van der Waals surface area contributed by atoms with Crippen molar-refractivity contribution in [2.45, 2.75) is 50.3 Å². The number of hydrogen-bond donors (Lipinski definition) is 1. The Bertz CT molecular complexity index is 1430. The van der Waals surface area contributed by atoms with E-state index >= 15 is 0 Å². The number of benzene rings is 2. The van der Waals surface area contributed by atoms with Gasteiger partial charge in [-0.05, 0) is 103 Å². The van der Waals surface area contributed by atoms with Gasteiger partial charge in [0, 0.05) is 30.5 Å². The van der Waals surface area contributed by atoms with Crippen LogP contribution in [0.4, 0.5) is 0 Å². The second kappa shape index (κ2) is 11.4. The van der Waals surface area contributed by atoms with Crippen LogP contribution in [0.15, 0.2) is 59.3 Å². The molecule has 7 nitrogen and oxygen atoms in total. The van der Waals surface area contributed by atoms with Crippen molar-refractivity contribution < 1.29 is 14.3 Å². The predicted octanol–water partition coefficient (Wildman–Crippen LogP) is 5.48. The fraction of sp³-hybridized carbons (Fsp3) is 0.438. The zero-order valence-corrected chi connectivity index (χ0v) is 23.6. The number of rotatable bonds is 9. The molecule has 0 aliphatic carbocycles. The maximum absolute atomic E-state index is 13.6. The summed E-state index contributed by atoms with van der Waals surface area (Å²) in [5, 5.41) is 13.0. The Labute approximate surface area is 239 Å². The summed E-state index contributed by atoms with van der Waals surface area (Å²) in [5.41, 5.74) is 5.07. The minimum atomic E-state index is -0.153. The van der Waals surface area contributed by atoms with Crippen molar-refractivity contribution in [1.82, 2.24) is 20.0 Å². The molecule has 0 radical (unpaired) electrons. The summed E-state index contributed by atoms with van der Waals surface area (Å²) in [5.74, 6) is 1.17. The van der Waals surface area contributed by atoms with Crippen LogP contribution in [0, 0.1) is 0 Å². The molecule has 1 unspecified atom stereocenters. The number of hydrogen-bond acceptors (Lipinski definition) is 7. The average molecular weight is 557 g/mol. The van der Waals surface area contributed by atoms with Crippen LogP contribution >= 0.6 is 11.3 Å². The molecule has 0 amide bonds. The highest BCUT2D eigenvalue weighted by molar-refractivity contribution is 7.08. The second-order valence-electron chi connectivity index (χ2n) is 11.4. The molecule has 2 aromatic heterocycles. The van der Waals surface area contributed by atoms with Crippen molar-refractivity contribution in [2.24, 2.45) is 0 Å². The molecule has 8 heteroatoms. The number of piperidine rings is 1. The second-order valence-corrected chi connectivity index (χ2v) is 12.1. The van der Waals surface area contributed by atoms with E-state index in [1.165, 1.54) is 0 Å². The van der Waals surface area contributed by atoms with E-state index in [0.717, 1.165) is 104 Å². The molecule has 0 spiro atoms. The van der Waals surface area contributed by atoms with Crippen LogP contribution in [0.5, 0.6) is 5.75 Å². The van der Waals surface area contributed by atoms with Gasteiger partial charge in [0.1, 0.15) is 11.9 Å². The van der Waals surface area contributed by atoms with E-state index in [2.05, 4.69) is 73.2 Å². The Morgan fingerprint density at radius 3 is 2.55 bits per heavy atom. The number of fused-ring (bicyclic) bond motifs is 1. The highest BCUT2D eigenvalue weighted by atomic mass is 32.1. The molecular weight excluding hydrogens is 520 g/mol. The van der Waals surface area contributed by atoms with Crippen molar-refractivity contribution in [3.63, 3.8) is 0 Å². The summed E-state index contributed by atoms with van der Waals surface area (Å²) in [4.78, 5) is 18.5. The number of H-pyrrole nitrogens is 1. The normalized spacial score (nSPS) is 20.1. The van der Waals surface area contributed by atoms with Crippen LogP contribution in [0.3, 0.4) is 0 Å². The number of ketones is 1. The molecule has 0 saturated carbocycles. The lowest BCUT2D eigenvalue weighted by atomic mass is 9.97. The van der Waals surface area contributed by atoms with Crippen LogP contribution < -0.4 is 4.74 Å². The Kier molecular flexibility index (Phi) is 7.41. The standard InChI is InChI=1S/C32H36N4O3S/c37-30(32(24-11-16-40-21-24)36-12-1-2-13-36)18-22-3-8-29-28(17-22)31(34-33-29)23-4-6-26(7-5-23)39-27-9-14-35(15-10-27)25-19-38-20-25/h3-8,11,16-17,21,25,27,32H,1-2,9-10,12-15,18-20H2,(H,33,34). The average Bonchev–Trinajstić information content (AvgIpc) is 3.73. The Morgan fingerprint density at radius 1 is 1.05 bits per heavy atom. The minimum Gasteiger partial charge on any atom is -0.490 e. The van der Waals surface area contributed by atoms with Gasteiger partial charge in [0.25, 0.3) is 0 Å². The Morgan fingerprint density at radius 2 is 1.85 bits per heavy atom. The monoisotopic (exact) mass is 556 g/mol. The number of carbonyl (C=O) groups is 1. The largest absolute Gasteiger partial charge is 0.490 e. The number of nitrogens with zero attached hydrogens (tertiary/aromatic N) is 3. The van der Waals surface area contributed by atoms with E-state index in [-0.39, 0.29) is 17.9 Å². The molecule has 3 fully saturated rings. The van der Waals surface area contributed by atoms with E-state index in [9.17, 15) is 4.79 Å². The van der Waals surface area contributed by atoms with Crippen LogP contribution in [-0.4, -0.2) is 77.3 Å². The fourth-order valence-corrected chi connectivity index (χ4v) is 7.08. The molecule has 2 aromatic carbocycles. The molecule has 1 atom stereocenters. The SMILES string of the molecule is O=C(Cc1ccc2[nH]nc(-c3ccc(OC4CCN(C5COC5)CC4)cc3)c2c1)C(c1ccsc1)N1CCCC1. The van der Waals surface area contributed by atoms with Gasteiger partial charge in [0.2, 0.25) is 0 Å². The van der Waals surface area contributed by atoms with E-state index in [4.69, 9.17) is 9.47 Å². The van der Waals surface area contributed by atoms with E-state index in [1.54, 1.807) is 11.3 Å². The number of likely N-dealkylation sites (tertiary alicyclic amines) is 2. The molecule has 3 aliphatic rings. The number of aromatic amines is 1. The highest BCUT2D eigenvalue weighted by Gasteiger charge is 2.31. The van der Waals surface area contributed by atoms with Crippen molar-refractivity contribution >= 4 is 28.0 Å². The fourth-order valence-electron chi connectivity index (χ4n) is 6.40. The quantitative estimate of drug-likeness (QED) is 0.294. The van der Waals surface area contributed by atoms with Gasteiger partial charge >= 0.3 is 0 Å². The molecule has 1 N–H and O–H groups in total. The van der Waals surface area contributed by atoms with Gasteiger partial charge < -0.3 is 9.47 Å². The molecule has 40 heavy (non-hydrogen) atoms. The van der Waals surface area contributed by atoms with Crippen molar-refractivity contribution in [3.8, 4) is 17.0 Å². The van der Waals surface area contributed by atoms with Gasteiger partial charge in [-0.1, -0.05) is 6.07 Å². The van der Waals surface area contributed by atoms with Crippen LogP contribution in [0.2, 0.25) is 0 Å². The first kappa shape index (κ1) is 25.9. The summed E-state index contributed by atoms with van der Waals surface area (Å²) < 4.78 is 11.7. The van der Waals surface area contributed by atoms with Crippen molar-refractivity contribution in [3.05, 3.63) is 70.4 Å². The number of ether oxygens (including phenoxy) is 2. The lowest BCUT2D eigenvalue weighted by Crippen LogP contribution is -2.52. The molecular formula is C32H36N4O3S. The summed E-state index contributed by atoms with van der Waals surface area (Å²) in [7, 11) is 0. The van der Waals surface area contributed by atoms with E-state index < -0.39 is 0 Å². The maximum Gasteiger partial charge on any atom is 0.158 e. The summed E-state index contributed by atoms with van der Waals surface area (Å²) in [6.07, 6.45) is 5.10. The Hall–Kier alpha value is -3.04. The third-order valence-corrected chi connectivity index (χ3v) is 9.42. The molecule has 3 aliphatic heterocycles. The van der Waals surface area contributed by atoms with Crippen LogP contribution in [0.1, 0.15) is 42.9 Å². The first-order valence-corrected chi connectivity index (χ1v) is 15.5. The van der Waals surface area contributed by atoms with Gasteiger partial charge in [-0.25, -0.2) is 0 Å². The molecule has 3 saturated heterocycles. The van der Waals surface area contributed by atoms with Gasteiger partial charge in [0.15, 0.2) is 5.78 Å². The van der Waals surface area contributed by atoms with Crippen molar-refractivity contribution in [1.29, 1.82) is 0 Å². The van der Waals surface area contributed by atoms with Gasteiger partial charge in [0.05, 0.1) is 36.5 Å². The van der Waals surface area contributed by atoms with E-state index in [1.807, 2.05) is 6.07 Å². The third kappa shape index (κ3) is 5.33. The number of thiophene rings is 1. The van der Waals surface area contributed by atoms with Gasteiger partial charge in [-0.2, -0.15) is 16.4 Å². The molecule has 208 valence electrons. The van der Waals surface area contributed by atoms with E-state index in [0.29, 0.717) is 12.5 Å². The molecule has 5 heterocycles. The topological polar surface area (TPSA) is 70.7 Å². The van der Waals surface area contributed by atoms with Gasteiger partial charge in [-0.3, -0.25) is 19.7 Å². The maximum atomic E-state index is 13.6. The van der Waals surface area contributed by atoms with Crippen LogP contribution in [0.25, 0.3) is 22.2 Å². The first-order valence-electron chi connectivity index (χ1n) is 14.6. The highest BCUT2D eigenvalue weighted by Crippen LogP contribution is 2.32.